The van der Waals surface area contributed by atoms with Crippen LogP contribution in [0.5, 0.6) is 5.75 Å². The molecule has 0 heterocycles. The zero-order valence-corrected chi connectivity index (χ0v) is 16.2. The van der Waals surface area contributed by atoms with Crippen LogP contribution >= 0.6 is 11.8 Å². The van der Waals surface area contributed by atoms with Gasteiger partial charge in [-0.2, -0.15) is 0 Å². The number of carboxylic acid groups (broad SMARTS) is 1. The topological polar surface area (TPSA) is 105 Å². The summed E-state index contributed by atoms with van der Waals surface area (Å²) in [6, 6.07) is 14.0. The molecule has 2 rings (SSSR count). The average Bonchev–Trinajstić information content (AvgIpc) is 2.66. The number of ether oxygens (including phenoxy) is 1. The van der Waals surface area contributed by atoms with Crippen molar-refractivity contribution in [3.05, 3.63) is 60.7 Å². The summed E-state index contributed by atoms with van der Waals surface area (Å²) in [5.41, 5.74) is 1.15. The predicted octanol–water partition coefficient (Wildman–Crippen LogP) is 3.39. The Labute approximate surface area is 166 Å². The molecule has 0 bridgehead atoms. The number of carbonyl (C=O) groups excluding carboxylic acids is 2. The lowest BCUT2D eigenvalue weighted by Crippen LogP contribution is -2.22. The van der Waals surface area contributed by atoms with Gasteiger partial charge in [-0.1, -0.05) is 12.1 Å². The molecule has 0 aliphatic rings. The molecule has 0 aliphatic carbocycles. The van der Waals surface area contributed by atoms with Crippen molar-refractivity contribution in [2.75, 3.05) is 17.7 Å². The van der Waals surface area contributed by atoms with Gasteiger partial charge in [0, 0.05) is 34.5 Å². The highest BCUT2D eigenvalue weighted by atomic mass is 32.2. The molecule has 0 aliphatic heterocycles. The third kappa shape index (κ3) is 6.81. The first-order valence-electron chi connectivity index (χ1n) is 8.31. The first kappa shape index (κ1) is 21.0. The Morgan fingerprint density at radius 3 is 2.39 bits per heavy atom. The fourth-order valence-electron chi connectivity index (χ4n) is 2.18. The summed E-state index contributed by atoms with van der Waals surface area (Å²) in [7, 11) is 1.56. The van der Waals surface area contributed by atoms with Crippen molar-refractivity contribution in [1.29, 1.82) is 0 Å². The fourth-order valence-corrected chi connectivity index (χ4v) is 3.11. The van der Waals surface area contributed by atoms with Crippen molar-refractivity contribution in [2.45, 2.75) is 17.1 Å². The van der Waals surface area contributed by atoms with Gasteiger partial charge in [0.25, 0.3) is 0 Å². The SMILES string of the molecule is COc1cccc(NC(=O)C(C)Sc2cccc(NC(=O)/C=C/C(=O)O)c2)c1. The predicted molar refractivity (Wildman–Crippen MR) is 109 cm³/mol. The Kier molecular flexibility index (Phi) is 7.65. The number of hydrogen-bond donors (Lipinski definition) is 3. The van der Waals surface area contributed by atoms with Gasteiger partial charge in [0.1, 0.15) is 5.75 Å². The highest BCUT2D eigenvalue weighted by Crippen LogP contribution is 2.27. The maximum atomic E-state index is 12.4. The van der Waals surface area contributed by atoms with E-state index in [1.165, 1.54) is 11.8 Å². The van der Waals surface area contributed by atoms with E-state index in [4.69, 9.17) is 9.84 Å². The Balaban J connectivity index is 1.97. The summed E-state index contributed by atoms with van der Waals surface area (Å²) in [5, 5.41) is 13.6. The van der Waals surface area contributed by atoms with Crippen LogP contribution in [0.25, 0.3) is 0 Å². The third-order valence-electron chi connectivity index (χ3n) is 3.50. The van der Waals surface area contributed by atoms with E-state index in [0.717, 1.165) is 17.0 Å². The van der Waals surface area contributed by atoms with Gasteiger partial charge >= 0.3 is 5.97 Å². The number of anilines is 2. The normalized spacial score (nSPS) is 11.6. The van der Waals surface area contributed by atoms with Gasteiger partial charge in [0.05, 0.1) is 12.4 Å². The molecule has 8 heteroatoms. The van der Waals surface area contributed by atoms with E-state index in [1.807, 2.05) is 6.07 Å². The maximum Gasteiger partial charge on any atom is 0.328 e. The van der Waals surface area contributed by atoms with E-state index in [0.29, 0.717) is 17.1 Å². The summed E-state index contributed by atoms with van der Waals surface area (Å²) in [5.74, 6) is -1.26. The Morgan fingerprint density at radius 1 is 1.04 bits per heavy atom. The molecule has 0 aromatic heterocycles. The molecule has 2 aromatic rings. The van der Waals surface area contributed by atoms with Crippen LogP contribution in [0, 0.1) is 0 Å². The summed E-state index contributed by atoms with van der Waals surface area (Å²) in [6.45, 7) is 1.78. The number of thioether (sulfide) groups is 1. The number of aliphatic carboxylic acids is 1. The van der Waals surface area contributed by atoms with Crippen LogP contribution in [-0.2, 0) is 14.4 Å². The van der Waals surface area contributed by atoms with Crippen molar-refractivity contribution in [3.63, 3.8) is 0 Å². The number of amides is 2. The number of nitrogens with one attached hydrogen (secondary N) is 2. The lowest BCUT2D eigenvalue weighted by molar-refractivity contribution is -0.131. The first-order valence-corrected chi connectivity index (χ1v) is 9.19. The van der Waals surface area contributed by atoms with Gasteiger partial charge in [-0.15, -0.1) is 11.8 Å². The van der Waals surface area contributed by atoms with Gasteiger partial charge in [0.2, 0.25) is 11.8 Å². The van der Waals surface area contributed by atoms with Crippen LogP contribution < -0.4 is 15.4 Å². The van der Waals surface area contributed by atoms with E-state index in [1.54, 1.807) is 56.5 Å². The molecule has 2 amide bonds. The van der Waals surface area contributed by atoms with E-state index in [-0.39, 0.29) is 11.2 Å². The minimum Gasteiger partial charge on any atom is -0.497 e. The lowest BCUT2D eigenvalue weighted by atomic mass is 10.3. The molecule has 1 unspecified atom stereocenters. The lowest BCUT2D eigenvalue weighted by Gasteiger charge is -2.13. The standard InChI is InChI=1S/C20H20N2O5S/c1-13(20(26)22-14-5-3-7-16(11-14)27-2)28-17-8-4-6-15(12-17)21-18(23)9-10-19(24)25/h3-13H,1-2H3,(H,21,23)(H,22,26)(H,24,25)/b10-9+. The minimum atomic E-state index is -1.20. The summed E-state index contributed by atoms with van der Waals surface area (Å²) >= 11 is 1.33. The molecule has 1 atom stereocenters. The van der Waals surface area contributed by atoms with Gasteiger partial charge < -0.3 is 20.5 Å². The van der Waals surface area contributed by atoms with Gasteiger partial charge in [-0.25, -0.2) is 4.79 Å². The second-order valence-corrected chi connectivity index (χ2v) is 7.08. The van der Waals surface area contributed by atoms with Gasteiger partial charge in [0.15, 0.2) is 0 Å². The van der Waals surface area contributed by atoms with Crippen molar-refractivity contribution >= 4 is 40.9 Å². The van der Waals surface area contributed by atoms with E-state index in [2.05, 4.69) is 10.6 Å². The zero-order chi connectivity index (χ0) is 20.5. The van der Waals surface area contributed by atoms with E-state index >= 15 is 0 Å². The molecule has 0 fully saturated rings. The van der Waals surface area contributed by atoms with Crippen molar-refractivity contribution < 1.29 is 24.2 Å². The van der Waals surface area contributed by atoms with Crippen LogP contribution in [0.4, 0.5) is 11.4 Å². The molecule has 2 aromatic carbocycles. The monoisotopic (exact) mass is 400 g/mol. The summed E-state index contributed by atoms with van der Waals surface area (Å²) in [6.07, 6.45) is 1.70. The second kappa shape index (κ2) is 10.2. The number of hydrogen-bond acceptors (Lipinski definition) is 5. The number of benzene rings is 2. The smallest absolute Gasteiger partial charge is 0.328 e. The van der Waals surface area contributed by atoms with Gasteiger partial charge in [-0.3, -0.25) is 9.59 Å². The van der Waals surface area contributed by atoms with E-state index in [9.17, 15) is 14.4 Å². The molecule has 0 spiro atoms. The maximum absolute atomic E-state index is 12.4. The fraction of sp³-hybridized carbons (Fsp3) is 0.150. The molecule has 28 heavy (non-hydrogen) atoms. The second-order valence-electron chi connectivity index (χ2n) is 5.67. The number of rotatable bonds is 8. The molecular formula is C20H20N2O5S. The average molecular weight is 400 g/mol. The first-order chi connectivity index (χ1) is 13.4. The van der Waals surface area contributed by atoms with Crippen LogP contribution in [0.15, 0.2) is 65.6 Å². The van der Waals surface area contributed by atoms with Crippen LogP contribution in [0.1, 0.15) is 6.92 Å². The number of carbonyl (C=O) groups is 3. The summed E-state index contributed by atoms with van der Waals surface area (Å²) in [4.78, 5) is 35.3. The third-order valence-corrected chi connectivity index (χ3v) is 4.59. The Morgan fingerprint density at radius 2 is 1.71 bits per heavy atom. The number of methoxy groups -OCH3 is 1. The quantitative estimate of drug-likeness (QED) is 0.463. The Bertz CT molecular complexity index is 898. The van der Waals surface area contributed by atoms with Crippen molar-refractivity contribution in [1.82, 2.24) is 0 Å². The molecule has 146 valence electrons. The van der Waals surface area contributed by atoms with Crippen molar-refractivity contribution in [2.24, 2.45) is 0 Å². The van der Waals surface area contributed by atoms with Crippen LogP contribution in [0.3, 0.4) is 0 Å². The Hall–Kier alpha value is -3.26. The zero-order valence-electron chi connectivity index (χ0n) is 15.3. The molecule has 7 nitrogen and oxygen atoms in total. The van der Waals surface area contributed by atoms with Crippen LogP contribution in [0.2, 0.25) is 0 Å². The molecule has 0 saturated carbocycles. The number of carboxylic acids is 1. The largest absolute Gasteiger partial charge is 0.497 e. The van der Waals surface area contributed by atoms with Gasteiger partial charge in [-0.05, 0) is 37.3 Å². The molecule has 0 radical (unpaired) electrons. The van der Waals surface area contributed by atoms with Crippen molar-refractivity contribution in [3.8, 4) is 5.75 Å². The molecule has 0 saturated heterocycles. The van der Waals surface area contributed by atoms with Crippen LogP contribution in [-0.4, -0.2) is 35.2 Å². The highest BCUT2D eigenvalue weighted by molar-refractivity contribution is 8.00. The molecule has 3 N–H and O–H groups in total. The summed E-state index contributed by atoms with van der Waals surface area (Å²) < 4.78 is 5.14. The highest BCUT2D eigenvalue weighted by Gasteiger charge is 2.15. The minimum absolute atomic E-state index is 0.169. The van der Waals surface area contributed by atoms with E-state index < -0.39 is 11.9 Å². The molecular weight excluding hydrogens is 380 g/mol.